The van der Waals surface area contributed by atoms with E-state index < -0.39 is 5.97 Å². The molecule has 4 heteroatoms. The van der Waals surface area contributed by atoms with Gasteiger partial charge in [-0.15, -0.1) is 0 Å². The van der Waals surface area contributed by atoms with Gasteiger partial charge in [-0.2, -0.15) is 0 Å². The Morgan fingerprint density at radius 3 is 2.57 bits per heavy atom. The molecule has 0 saturated carbocycles. The molecule has 0 unspecified atom stereocenters. The molecule has 108 valence electrons. The molecule has 1 aliphatic rings. The van der Waals surface area contributed by atoms with Gasteiger partial charge in [-0.25, -0.2) is 4.79 Å². The minimum absolute atomic E-state index is 0.287. The predicted molar refractivity (Wildman–Crippen MR) is 79.2 cm³/mol. The predicted octanol–water partition coefficient (Wildman–Crippen LogP) is 3.52. The highest BCUT2D eigenvalue weighted by Gasteiger charge is 2.15. The van der Waals surface area contributed by atoms with E-state index in [4.69, 9.17) is 9.47 Å². The zero-order valence-corrected chi connectivity index (χ0v) is 11.8. The molecule has 2 aromatic rings. The van der Waals surface area contributed by atoms with E-state index in [0.717, 1.165) is 17.5 Å². The Morgan fingerprint density at radius 2 is 1.81 bits per heavy atom. The van der Waals surface area contributed by atoms with Gasteiger partial charge < -0.3 is 14.6 Å². The second-order valence-electron chi connectivity index (χ2n) is 5.07. The number of aryl methyl sites for hydroxylation is 1. The summed E-state index contributed by atoms with van der Waals surface area (Å²) in [6.45, 7) is 3.19. The minimum Gasteiger partial charge on any atom is -0.490 e. The first kappa shape index (κ1) is 13.5. The van der Waals surface area contributed by atoms with Crippen molar-refractivity contribution in [3.63, 3.8) is 0 Å². The molecule has 1 aliphatic heterocycles. The van der Waals surface area contributed by atoms with Crippen molar-refractivity contribution >= 4 is 5.97 Å². The van der Waals surface area contributed by atoms with Gasteiger partial charge in [0, 0.05) is 6.42 Å². The Balaban J connectivity index is 2.10. The van der Waals surface area contributed by atoms with Crippen molar-refractivity contribution in [2.24, 2.45) is 0 Å². The molecule has 0 saturated heterocycles. The fraction of sp³-hybridized carbons (Fsp3) is 0.235. The van der Waals surface area contributed by atoms with Crippen molar-refractivity contribution in [3.05, 3.63) is 47.5 Å². The number of aromatic carboxylic acids is 1. The van der Waals surface area contributed by atoms with Gasteiger partial charge >= 0.3 is 5.97 Å². The number of benzene rings is 2. The van der Waals surface area contributed by atoms with Gasteiger partial charge in [0.2, 0.25) is 0 Å². The highest BCUT2D eigenvalue weighted by molar-refractivity contribution is 5.96. The molecule has 0 spiro atoms. The number of rotatable bonds is 2. The maximum absolute atomic E-state index is 11.4. The smallest absolute Gasteiger partial charge is 0.336 e. The van der Waals surface area contributed by atoms with Crippen molar-refractivity contribution in [1.29, 1.82) is 0 Å². The Kier molecular flexibility index (Phi) is 3.52. The van der Waals surface area contributed by atoms with Crippen LogP contribution in [0.15, 0.2) is 36.4 Å². The molecule has 0 aromatic heterocycles. The van der Waals surface area contributed by atoms with Gasteiger partial charge in [-0.1, -0.05) is 23.8 Å². The molecule has 3 rings (SSSR count). The number of fused-ring (bicyclic) bond motifs is 1. The van der Waals surface area contributed by atoms with Crippen molar-refractivity contribution in [2.75, 3.05) is 13.2 Å². The summed E-state index contributed by atoms with van der Waals surface area (Å²) in [5.41, 5.74) is 2.82. The first-order valence-electron chi connectivity index (χ1n) is 6.89. The lowest BCUT2D eigenvalue weighted by Gasteiger charge is -2.12. The largest absolute Gasteiger partial charge is 0.490 e. The van der Waals surface area contributed by atoms with Crippen LogP contribution in [0.4, 0.5) is 0 Å². The topological polar surface area (TPSA) is 55.8 Å². The van der Waals surface area contributed by atoms with E-state index >= 15 is 0 Å². The SMILES string of the molecule is Cc1ccc(C(=O)O)c(-c2ccc3c(c2)OCCCO3)c1. The normalized spacial score (nSPS) is 13.6. The van der Waals surface area contributed by atoms with E-state index in [9.17, 15) is 9.90 Å². The van der Waals surface area contributed by atoms with Crippen LogP contribution in [0.5, 0.6) is 11.5 Å². The van der Waals surface area contributed by atoms with Crippen molar-refractivity contribution in [1.82, 2.24) is 0 Å². The van der Waals surface area contributed by atoms with E-state index in [-0.39, 0.29) is 5.56 Å². The van der Waals surface area contributed by atoms with Crippen LogP contribution in [-0.2, 0) is 0 Å². The minimum atomic E-state index is -0.933. The summed E-state index contributed by atoms with van der Waals surface area (Å²) < 4.78 is 11.3. The summed E-state index contributed by atoms with van der Waals surface area (Å²) >= 11 is 0. The first-order chi connectivity index (χ1) is 10.1. The fourth-order valence-electron chi connectivity index (χ4n) is 2.41. The lowest BCUT2D eigenvalue weighted by Crippen LogP contribution is -2.00. The third-order valence-electron chi connectivity index (χ3n) is 3.46. The zero-order chi connectivity index (χ0) is 14.8. The van der Waals surface area contributed by atoms with E-state index in [2.05, 4.69) is 0 Å². The van der Waals surface area contributed by atoms with Crippen LogP contribution < -0.4 is 9.47 Å². The summed E-state index contributed by atoms with van der Waals surface area (Å²) in [7, 11) is 0. The monoisotopic (exact) mass is 284 g/mol. The lowest BCUT2D eigenvalue weighted by molar-refractivity contribution is 0.0697. The molecule has 2 aromatic carbocycles. The van der Waals surface area contributed by atoms with Gasteiger partial charge in [0.1, 0.15) is 0 Å². The summed E-state index contributed by atoms with van der Waals surface area (Å²) in [5, 5.41) is 9.35. The molecular formula is C17H16O4. The van der Waals surface area contributed by atoms with E-state index in [1.165, 1.54) is 0 Å². The summed E-state index contributed by atoms with van der Waals surface area (Å²) in [6.07, 6.45) is 0.842. The molecule has 0 fully saturated rings. The number of ether oxygens (including phenoxy) is 2. The summed E-state index contributed by atoms with van der Waals surface area (Å²) in [4.78, 5) is 11.4. The van der Waals surface area contributed by atoms with Crippen molar-refractivity contribution in [2.45, 2.75) is 13.3 Å². The number of hydrogen-bond acceptors (Lipinski definition) is 3. The number of carboxylic acids is 1. The number of carboxylic acid groups (broad SMARTS) is 1. The molecule has 1 heterocycles. The van der Waals surface area contributed by atoms with Crippen LogP contribution in [0.2, 0.25) is 0 Å². The second kappa shape index (κ2) is 5.48. The van der Waals surface area contributed by atoms with Gasteiger partial charge in [-0.05, 0) is 36.2 Å². The number of hydrogen-bond donors (Lipinski definition) is 1. The number of carbonyl (C=O) groups is 1. The molecule has 21 heavy (non-hydrogen) atoms. The third kappa shape index (κ3) is 2.70. The van der Waals surface area contributed by atoms with Crippen molar-refractivity contribution in [3.8, 4) is 22.6 Å². The Hall–Kier alpha value is -2.49. The lowest BCUT2D eigenvalue weighted by atomic mass is 9.97. The average molecular weight is 284 g/mol. The maximum atomic E-state index is 11.4. The van der Waals surface area contributed by atoms with Crippen LogP contribution in [0.1, 0.15) is 22.3 Å². The quantitative estimate of drug-likeness (QED) is 0.916. The molecule has 0 radical (unpaired) electrons. The molecule has 0 bridgehead atoms. The first-order valence-corrected chi connectivity index (χ1v) is 6.89. The molecule has 4 nitrogen and oxygen atoms in total. The highest BCUT2D eigenvalue weighted by atomic mass is 16.5. The molecule has 0 atom stereocenters. The van der Waals surface area contributed by atoms with Crippen LogP contribution in [0, 0.1) is 6.92 Å². The summed E-state index contributed by atoms with van der Waals surface area (Å²) in [5.74, 6) is 0.445. The fourth-order valence-corrected chi connectivity index (χ4v) is 2.41. The average Bonchev–Trinajstić information content (AvgIpc) is 2.71. The molecular weight excluding hydrogens is 268 g/mol. The zero-order valence-electron chi connectivity index (χ0n) is 11.8. The summed E-state index contributed by atoms with van der Waals surface area (Å²) in [6, 6.07) is 10.9. The van der Waals surface area contributed by atoms with Crippen LogP contribution in [0.3, 0.4) is 0 Å². The van der Waals surface area contributed by atoms with E-state index in [0.29, 0.717) is 30.3 Å². The Morgan fingerprint density at radius 1 is 1.05 bits per heavy atom. The molecule has 0 amide bonds. The molecule has 0 aliphatic carbocycles. The third-order valence-corrected chi connectivity index (χ3v) is 3.46. The Bertz CT molecular complexity index is 691. The maximum Gasteiger partial charge on any atom is 0.336 e. The van der Waals surface area contributed by atoms with E-state index in [1.807, 2.05) is 31.2 Å². The van der Waals surface area contributed by atoms with Crippen LogP contribution in [0.25, 0.3) is 11.1 Å². The Labute approximate surface area is 122 Å². The highest BCUT2D eigenvalue weighted by Crippen LogP contribution is 2.35. The van der Waals surface area contributed by atoms with Gasteiger partial charge in [-0.3, -0.25) is 0 Å². The van der Waals surface area contributed by atoms with E-state index in [1.54, 1.807) is 12.1 Å². The van der Waals surface area contributed by atoms with Gasteiger partial charge in [0.15, 0.2) is 11.5 Å². The van der Waals surface area contributed by atoms with Gasteiger partial charge in [0.05, 0.1) is 18.8 Å². The van der Waals surface area contributed by atoms with Crippen molar-refractivity contribution < 1.29 is 19.4 Å². The van der Waals surface area contributed by atoms with Crippen LogP contribution >= 0.6 is 0 Å². The molecule has 1 N–H and O–H groups in total. The van der Waals surface area contributed by atoms with Crippen LogP contribution in [-0.4, -0.2) is 24.3 Å². The van der Waals surface area contributed by atoms with Gasteiger partial charge in [0.25, 0.3) is 0 Å². The standard InChI is InChI=1S/C17H16O4/c1-11-3-5-13(17(18)19)14(9-11)12-4-6-15-16(10-12)21-8-2-7-20-15/h3-6,9-10H,2,7-8H2,1H3,(H,18,19). The second-order valence-corrected chi connectivity index (χ2v) is 5.07.